The van der Waals surface area contributed by atoms with Gasteiger partial charge in [0.1, 0.15) is 6.54 Å². The SMILES string of the molecule is CCc1cccc(NC(=O)CN(C2=NC3CS(=O)(=O)CC3S2)c2ccc(C)c(C)c2)c1. The van der Waals surface area contributed by atoms with Crippen LogP contribution >= 0.6 is 11.8 Å². The fraction of sp³-hybridized carbons (Fsp3) is 0.391. The molecule has 2 aromatic rings. The van der Waals surface area contributed by atoms with E-state index in [1.807, 2.05) is 61.2 Å². The van der Waals surface area contributed by atoms with Crippen LogP contribution in [0.3, 0.4) is 0 Å². The van der Waals surface area contributed by atoms with E-state index in [0.717, 1.165) is 28.9 Å². The predicted molar refractivity (Wildman–Crippen MR) is 129 cm³/mol. The normalized spacial score (nSPS) is 21.5. The Balaban J connectivity index is 1.58. The van der Waals surface area contributed by atoms with Gasteiger partial charge in [0.2, 0.25) is 5.91 Å². The van der Waals surface area contributed by atoms with E-state index >= 15 is 0 Å². The molecular formula is C23H27N3O3S2. The molecule has 2 aliphatic rings. The lowest BCUT2D eigenvalue weighted by Gasteiger charge is -2.25. The second-order valence-corrected chi connectivity index (χ2v) is 11.5. The number of carbonyl (C=O) groups is 1. The van der Waals surface area contributed by atoms with Gasteiger partial charge in [0.15, 0.2) is 15.0 Å². The van der Waals surface area contributed by atoms with Crippen LogP contribution in [0.1, 0.15) is 23.6 Å². The minimum absolute atomic E-state index is 0.0710. The summed E-state index contributed by atoms with van der Waals surface area (Å²) in [5.74, 6) is 0.0938. The standard InChI is InChI=1S/C23H27N3O3S2/c1-4-17-6-5-7-18(11-17)24-22(27)12-26(19-9-8-15(2)16(3)10-19)23-25-20-13-31(28,29)14-21(20)30-23/h5-11,20-21H,4,12-14H2,1-3H3,(H,24,27). The number of aliphatic imine (C=N–C) groups is 1. The summed E-state index contributed by atoms with van der Waals surface area (Å²) in [4.78, 5) is 19.6. The lowest BCUT2D eigenvalue weighted by atomic mass is 10.1. The number of carbonyl (C=O) groups excluding carboxylic acids is 1. The molecule has 2 aliphatic heterocycles. The van der Waals surface area contributed by atoms with Crippen LogP contribution in [-0.2, 0) is 21.1 Å². The van der Waals surface area contributed by atoms with Gasteiger partial charge in [0, 0.05) is 16.6 Å². The van der Waals surface area contributed by atoms with E-state index in [0.29, 0.717) is 5.17 Å². The van der Waals surface area contributed by atoms with Crippen molar-refractivity contribution in [2.24, 2.45) is 4.99 Å². The van der Waals surface area contributed by atoms with Crippen LogP contribution in [0.2, 0.25) is 0 Å². The second kappa shape index (κ2) is 8.67. The Bertz CT molecular complexity index is 1140. The van der Waals surface area contributed by atoms with Crippen LogP contribution in [0.15, 0.2) is 47.5 Å². The van der Waals surface area contributed by atoms with Gasteiger partial charge in [0.05, 0.1) is 17.5 Å². The monoisotopic (exact) mass is 457 g/mol. The van der Waals surface area contributed by atoms with E-state index in [1.165, 1.54) is 17.3 Å². The summed E-state index contributed by atoms with van der Waals surface area (Å²) in [6.07, 6.45) is 0.900. The highest BCUT2D eigenvalue weighted by molar-refractivity contribution is 8.15. The smallest absolute Gasteiger partial charge is 0.244 e. The molecule has 164 valence electrons. The number of amidine groups is 1. The molecule has 1 fully saturated rings. The highest BCUT2D eigenvalue weighted by Crippen LogP contribution is 2.37. The number of amides is 1. The number of nitrogens with zero attached hydrogens (tertiary/aromatic N) is 2. The third-order valence-corrected chi connectivity index (χ3v) is 9.01. The van der Waals surface area contributed by atoms with E-state index in [1.54, 1.807) is 0 Å². The molecular weight excluding hydrogens is 430 g/mol. The Morgan fingerprint density at radius 2 is 1.97 bits per heavy atom. The minimum Gasteiger partial charge on any atom is -0.325 e. The van der Waals surface area contributed by atoms with Crippen molar-refractivity contribution in [1.82, 2.24) is 0 Å². The maximum atomic E-state index is 12.9. The molecule has 8 heteroatoms. The number of sulfone groups is 1. The third-order valence-electron chi connectivity index (χ3n) is 5.76. The second-order valence-electron chi connectivity index (χ2n) is 8.17. The van der Waals surface area contributed by atoms with E-state index in [9.17, 15) is 13.2 Å². The van der Waals surface area contributed by atoms with Gasteiger partial charge >= 0.3 is 0 Å². The van der Waals surface area contributed by atoms with Gasteiger partial charge < -0.3 is 10.2 Å². The van der Waals surface area contributed by atoms with Crippen molar-refractivity contribution in [1.29, 1.82) is 0 Å². The Kier molecular flexibility index (Phi) is 6.12. The van der Waals surface area contributed by atoms with Crippen LogP contribution in [0.25, 0.3) is 0 Å². The zero-order valence-electron chi connectivity index (χ0n) is 18.0. The Morgan fingerprint density at radius 1 is 1.16 bits per heavy atom. The number of thioether (sulfide) groups is 1. The molecule has 2 atom stereocenters. The van der Waals surface area contributed by atoms with Gasteiger partial charge in [-0.15, -0.1) is 0 Å². The number of rotatable bonds is 5. The number of nitrogens with one attached hydrogen (secondary N) is 1. The maximum absolute atomic E-state index is 12.9. The van der Waals surface area contributed by atoms with Crippen molar-refractivity contribution in [3.8, 4) is 0 Å². The highest BCUT2D eigenvalue weighted by atomic mass is 32.2. The average molecular weight is 458 g/mol. The molecule has 0 spiro atoms. The first-order chi connectivity index (χ1) is 14.7. The van der Waals surface area contributed by atoms with E-state index in [2.05, 4.69) is 12.2 Å². The molecule has 2 heterocycles. The number of aryl methyl sites for hydroxylation is 3. The predicted octanol–water partition coefficient (Wildman–Crippen LogP) is 3.58. The van der Waals surface area contributed by atoms with Gasteiger partial charge in [-0.2, -0.15) is 0 Å². The van der Waals surface area contributed by atoms with Crippen molar-refractivity contribution in [3.05, 3.63) is 59.2 Å². The molecule has 31 heavy (non-hydrogen) atoms. The van der Waals surface area contributed by atoms with Gasteiger partial charge in [-0.3, -0.25) is 9.79 Å². The van der Waals surface area contributed by atoms with Crippen molar-refractivity contribution < 1.29 is 13.2 Å². The van der Waals surface area contributed by atoms with Gasteiger partial charge in [0.25, 0.3) is 0 Å². The summed E-state index contributed by atoms with van der Waals surface area (Å²) in [5.41, 5.74) is 5.12. The minimum atomic E-state index is -3.03. The fourth-order valence-electron chi connectivity index (χ4n) is 3.85. The molecule has 2 unspecified atom stereocenters. The number of benzene rings is 2. The summed E-state index contributed by atoms with van der Waals surface area (Å²) in [5, 5.41) is 3.63. The largest absolute Gasteiger partial charge is 0.325 e. The molecule has 4 rings (SSSR count). The first-order valence-corrected chi connectivity index (χ1v) is 13.1. The van der Waals surface area contributed by atoms with Crippen LogP contribution < -0.4 is 10.2 Å². The van der Waals surface area contributed by atoms with Gasteiger partial charge in [-0.05, 0) is 61.2 Å². The summed E-state index contributed by atoms with van der Waals surface area (Å²) in [6, 6.07) is 13.7. The lowest BCUT2D eigenvalue weighted by molar-refractivity contribution is -0.114. The molecule has 6 nitrogen and oxygen atoms in total. The maximum Gasteiger partial charge on any atom is 0.244 e. The van der Waals surface area contributed by atoms with Crippen LogP contribution in [-0.4, -0.2) is 48.8 Å². The molecule has 0 saturated carbocycles. The number of fused-ring (bicyclic) bond motifs is 1. The molecule has 1 amide bonds. The molecule has 0 radical (unpaired) electrons. The zero-order valence-corrected chi connectivity index (χ0v) is 19.6. The van der Waals surface area contributed by atoms with Crippen molar-refractivity contribution >= 4 is 44.0 Å². The van der Waals surface area contributed by atoms with Gasteiger partial charge in [-0.25, -0.2) is 8.42 Å². The van der Waals surface area contributed by atoms with Crippen LogP contribution in [0.5, 0.6) is 0 Å². The van der Waals surface area contributed by atoms with Crippen molar-refractivity contribution in [3.63, 3.8) is 0 Å². The number of hydrogen-bond donors (Lipinski definition) is 1. The number of anilines is 2. The molecule has 0 aromatic heterocycles. The first-order valence-electron chi connectivity index (χ1n) is 10.4. The van der Waals surface area contributed by atoms with Crippen LogP contribution in [0.4, 0.5) is 11.4 Å². The zero-order chi connectivity index (χ0) is 22.2. The summed E-state index contributed by atoms with van der Waals surface area (Å²) < 4.78 is 23.9. The fourth-order valence-corrected chi connectivity index (χ4v) is 7.63. The third kappa shape index (κ3) is 4.96. The summed E-state index contributed by atoms with van der Waals surface area (Å²) >= 11 is 1.47. The molecule has 0 bridgehead atoms. The average Bonchev–Trinajstić information content (AvgIpc) is 3.22. The van der Waals surface area contributed by atoms with Crippen molar-refractivity contribution in [2.45, 2.75) is 38.5 Å². The summed E-state index contributed by atoms with van der Waals surface area (Å²) in [6.45, 7) is 6.28. The molecule has 0 aliphatic carbocycles. The topological polar surface area (TPSA) is 78.8 Å². The molecule has 2 aromatic carbocycles. The quantitative estimate of drug-likeness (QED) is 0.743. The Labute approximate surface area is 188 Å². The summed E-state index contributed by atoms with van der Waals surface area (Å²) in [7, 11) is -3.03. The van der Waals surface area contributed by atoms with Crippen molar-refractivity contribution in [2.75, 3.05) is 28.3 Å². The first kappa shape index (κ1) is 21.9. The van der Waals surface area contributed by atoms with E-state index < -0.39 is 9.84 Å². The van der Waals surface area contributed by atoms with Gasteiger partial charge in [-0.1, -0.05) is 36.9 Å². The van der Waals surface area contributed by atoms with Crippen LogP contribution in [0, 0.1) is 13.8 Å². The Morgan fingerprint density at radius 3 is 2.68 bits per heavy atom. The molecule has 1 saturated heterocycles. The van der Waals surface area contributed by atoms with E-state index in [-0.39, 0.29) is 35.2 Å². The number of hydrogen-bond acceptors (Lipinski definition) is 6. The lowest BCUT2D eigenvalue weighted by Crippen LogP contribution is -2.36. The highest BCUT2D eigenvalue weighted by Gasteiger charge is 2.44. The van der Waals surface area contributed by atoms with E-state index in [4.69, 9.17) is 4.99 Å². The Hall–Kier alpha value is -2.32. The molecule has 1 N–H and O–H groups in total.